The first-order chi connectivity index (χ1) is 9.41. The topological polar surface area (TPSA) is 76.4 Å². The minimum absolute atomic E-state index is 0.0422. The van der Waals surface area contributed by atoms with E-state index >= 15 is 0 Å². The first-order valence-corrected chi connectivity index (χ1v) is 8.21. The highest BCUT2D eigenvalue weighted by atomic mass is 32.2. The lowest BCUT2D eigenvalue weighted by molar-refractivity contribution is -0.119. The highest BCUT2D eigenvalue weighted by Crippen LogP contribution is 2.23. The maximum Gasteiger partial charge on any atom is 0.235 e. The Morgan fingerprint density at radius 3 is 2.70 bits per heavy atom. The van der Waals surface area contributed by atoms with E-state index < -0.39 is 21.5 Å². The summed E-state index contributed by atoms with van der Waals surface area (Å²) < 4.78 is 28.4. The third-order valence-corrected chi connectivity index (χ3v) is 4.62. The second-order valence-electron chi connectivity index (χ2n) is 4.65. The van der Waals surface area contributed by atoms with Gasteiger partial charge in [0.15, 0.2) is 9.84 Å². The van der Waals surface area contributed by atoms with Crippen LogP contribution in [0.4, 0.5) is 0 Å². The molecule has 0 aliphatic heterocycles. The van der Waals surface area contributed by atoms with Gasteiger partial charge in [-0.15, -0.1) is 0 Å². The molecule has 1 atom stereocenters. The SMILES string of the molecule is CCS(=O)(=O)CC(=O)N[C@H](C)c1cc2ccccc2o1. The zero-order valence-corrected chi connectivity index (χ0v) is 12.2. The molecule has 0 fully saturated rings. The summed E-state index contributed by atoms with van der Waals surface area (Å²) in [5.74, 6) is -0.443. The summed E-state index contributed by atoms with van der Waals surface area (Å²) in [5.41, 5.74) is 0.741. The number of furan rings is 1. The maximum atomic E-state index is 11.7. The molecular formula is C14H17NO4S. The Kier molecular flexibility index (Phi) is 4.13. The highest BCUT2D eigenvalue weighted by molar-refractivity contribution is 7.92. The number of sulfone groups is 1. The van der Waals surface area contributed by atoms with Gasteiger partial charge in [-0.25, -0.2) is 8.42 Å². The minimum Gasteiger partial charge on any atom is -0.459 e. The number of hydrogen-bond donors (Lipinski definition) is 1. The minimum atomic E-state index is -3.31. The molecule has 6 heteroatoms. The molecule has 2 rings (SSSR count). The number of hydrogen-bond acceptors (Lipinski definition) is 4. The van der Waals surface area contributed by atoms with Crippen LogP contribution in [0.3, 0.4) is 0 Å². The van der Waals surface area contributed by atoms with Crippen LogP contribution in [0.25, 0.3) is 11.0 Å². The first kappa shape index (κ1) is 14.6. The average molecular weight is 295 g/mol. The Bertz CT molecular complexity index is 685. The van der Waals surface area contributed by atoms with E-state index in [1.165, 1.54) is 6.92 Å². The molecule has 1 heterocycles. The maximum absolute atomic E-state index is 11.7. The summed E-state index contributed by atoms with van der Waals surface area (Å²) in [6.07, 6.45) is 0. The van der Waals surface area contributed by atoms with Crippen LogP contribution in [0, 0.1) is 0 Å². The average Bonchev–Trinajstić information content (AvgIpc) is 2.81. The predicted octanol–water partition coefficient (Wildman–Crippen LogP) is 2.04. The van der Waals surface area contributed by atoms with Crippen LogP contribution >= 0.6 is 0 Å². The highest BCUT2D eigenvalue weighted by Gasteiger charge is 2.18. The Hall–Kier alpha value is -1.82. The fourth-order valence-corrected chi connectivity index (χ4v) is 2.56. The molecule has 108 valence electrons. The molecule has 5 nitrogen and oxygen atoms in total. The normalized spacial score (nSPS) is 13.3. The van der Waals surface area contributed by atoms with Crippen molar-refractivity contribution >= 4 is 26.7 Å². The lowest BCUT2D eigenvalue weighted by Gasteiger charge is -2.11. The van der Waals surface area contributed by atoms with Crippen LogP contribution in [0.15, 0.2) is 34.7 Å². The standard InChI is InChI=1S/C14H17NO4S/c1-3-20(17,18)9-14(16)15-10(2)13-8-11-6-4-5-7-12(11)19-13/h4-8,10H,3,9H2,1-2H3,(H,15,16)/t10-/m1/s1. The van der Waals surface area contributed by atoms with Crippen molar-refractivity contribution in [1.29, 1.82) is 0 Å². The molecule has 1 aromatic heterocycles. The van der Waals surface area contributed by atoms with Crippen molar-refractivity contribution < 1.29 is 17.6 Å². The number of rotatable bonds is 5. The molecular weight excluding hydrogens is 278 g/mol. The van der Waals surface area contributed by atoms with Gasteiger partial charge in [-0.2, -0.15) is 0 Å². The molecule has 0 saturated carbocycles. The van der Waals surface area contributed by atoms with Gasteiger partial charge in [-0.05, 0) is 19.1 Å². The van der Waals surface area contributed by atoms with Gasteiger partial charge in [-0.3, -0.25) is 4.79 Å². The van der Waals surface area contributed by atoms with Gasteiger partial charge in [-0.1, -0.05) is 25.1 Å². The van der Waals surface area contributed by atoms with E-state index in [0.717, 1.165) is 11.0 Å². The molecule has 1 amide bonds. The number of carbonyl (C=O) groups is 1. The van der Waals surface area contributed by atoms with Crippen LogP contribution in [-0.4, -0.2) is 25.8 Å². The summed E-state index contributed by atoms with van der Waals surface area (Å²) in [5, 5.41) is 3.58. The Morgan fingerprint density at radius 1 is 1.35 bits per heavy atom. The molecule has 0 aliphatic rings. The van der Waals surface area contributed by atoms with Crippen molar-refractivity contribution in [2.24, 2.45) is 0 Å². The molecule has 0 aliphatic carbocycles. The van der Waals surface area contributed by atoms with E-state index in [1.807, 2.05) is 30.3 Å². The smallest absolute Gasteiger partial charge is 0.235 e. The van der Waals surface area contributed by atoms with Crippen molar-refractivity contribution in [2.75, 3.05) is 11.5 Å². The quantitative estimate of drug-likeness (QED) is 0.916. The van der Waals surface area contributed by atoms with E-state index in [-0.39, 0.29) is 11.8 Å². The zero-order chi connectivity index (χ0) is 14.8. The predicted molar refractivity (Wildman–Crippen MR) is 77.1 cm³/mol. The van der Waals surface area contributed by atoms with Crippen molar-refractivity contribution in [3.8, 4) is 0 Å². The second kappa shape index (κ2) is 5.66. The second-order valence-corrected chi connectivity index (χ2v) is 7.01. The fourth-order valence-electron chi connectivity index (χ4n) is 1.87. The zero-order valence-electron chi connectivity index (χ0n) is 11.4. The molecule has 0 saturated heterocycles. The summed E-state index contributed by atoms with van der Waals surface area (Å²) >= 11 is 0. The third-order valence-electron chi connectivity index (χ3n) is 3.04. The van der Waals surface area contributed by atoms with Crippen molar-refractivity contribution in [2.45, 2.75) is 19.9 Å². The van der Waals surface area contributed by atoms with Crippen LogP contribution in [0.5, 0.6) is 0 Å². The van der Waals surface area contributed by atoms with Crippen molar-refractivity contribution in [3.05, 3.63) is 36.1 Å². The van der Waals surface area contributed by atoms with Gasteiger partial charge in [0.05, 0.1) is 6.04 Å². The molecule has 0 spiro atoms. The third kappa shape index (κ3) is 3.39. The number of para-hydroxylation sites is 1. The van der Waals surface area contributed by atoms with Crippen molar-refractivity contribution in [1.82, 2.24) is 5.32 Å². The van der Waals surface area contributed by atoms with E-state index in [1.54, 1.807) is 6.92 Å². The van der Waals surface area contributed by atoms with Gasteiger partial charge in [0.2, 0.25) is 5.91 Å². The molecule has 2 aromatic rings. The molecule has 0 bridgehead atoms. The Balaban J connectivity index is 2.08. The van der Waals surface area contributed by atoms with Crippen LogP contribution in [0.1, 0.15) is 25.6 Å². The summed E-state index contributed by atoms with van der Waals surface area (Å²) in [4.78, 5) is 11.7. The Labute approximate surface area is 117 Å². The van der Waals surface area contributed by atoms with E-state index in [9.17, 15) is 13.2 Å². The van der Waals surface area contributed by atoms with Crippen LogP contribution < -0.4 is 5.32 Å². The summed E-state index contributed by atoms with van der Waals surface area (Å²) in [6, 6.07) is 9.00. The van der Waals surface area contributed by atoms with Gasteiger partial charge in [0, 0.05) is 11.1 Å². The number of benzene rings is 1. The van der Waals surface area contributed by atoms with Gasteiger partial charge in [0.1, 0.15) is 17.1 Å². The molecule has 0 unspecified atom stereocenters. The lowest BCUT2D eigenvalue weighted by Crippen LogP contribution is -2.32. The largest absolute Gasteiger partial charge is 0.459 e. The first-order valence-electron chi connectivity index (χ1n) is 6.39. The number of fused-ring (bicyclic) bond motifs is 1. The number of carbonyl (C=O) groups excluding carboxylic acids is 1. The van der Waals surface area contributed by atoms with Crippen LogP contribution in [0.2, 0.25) is 0 Å². The lowest BCUT2D eigenvalue weighted by atomic mass is 10.2. The summed E-state index contributed by atoms with van der Waals surface area (Å²) in [6.45, 7) is 3.28. The molecule has 0 radical (unpaired) electrons. The number of nitrogens with one attached hydrogen (secondary N) is 1. The van der Waals surface area contributed by atoms with Gasteiger partial charge in [0.25, 0.3) is 0 Å². The fraction of sp³-hybridized carbons (Fsp3) is 0.357. The number of amides is 1. The Morgan fingerprint density at radius 2 is 2.05 bits per heavy atom. The van der Waals surface area contributed by atoms with E-state index in [2.05, 4.69) is 5.32 Å². The van der Waals surface area contributed by atoms with E-state index in [4.69, 9.17) is 4.42 Å². The summed E-state index contributed by atoms with van der Waals surface area (Å²) in [7, 11) is -3.31. The van der Waals surface area contributed by atoms with Crippen LogP contribution in [-0.2, 0) is 14.6 Å². The molecule has 1 aromatic carbocycles. The van der Waals surface area contributed by atoms with Gasteiger partial charge < -0.3 is 9.73 Å². The monoisotopic (exact) mass is 295 g/mol. The van der Waals surface area contributed by atoms with Crippen molar-refractivity contribution in [3.63, 3.8) is 0 Å². The van der Waals surface area contributed by atoms with E-state index in [0.29, 0.717) is 5.76 Å². The molecule has 20 heavy (non-hydrogen) atoms. The van der Waals surface area contributed by atoms with Gasteiger partial charge >= 0.3 is 0 Å². The molecule has 1 N–H and O–H groups in total.